The molecule has 0 fully saturated rings. The molecule has 1 aromatic carbocycles. The van der Waals surface area contributed by atoms with Gasteiger partial charge in [0.25, 0.3) is 0 Å². The van der Waals surface area contributed by atoms with Gasteiger partial charge in [-0.15, -0.1) is 0 Å². The lowest BCUT2D eigenvalue weighted by Gasteiger charge is -2.12. The van der Waals surface area contributed by atoms with E-state index >= 15 is 0 Å². The maximum absolute atomic E-state index is 8.87. The molecule has 4 nitrogen and oxygen atoms in total. The van der Waals surface area contributed by atoms with Crippen LogP contribution in [0, 0.1) is 18.3 Å². The molecule has 0 heterocycles. The van der Waals surface area contributed by atoms with Crippen LogP contribution in [0.2, 0.25) is 0 Å². The van der Waals surface area contributed by atoms with Gasteiger partial charge in [-0.05, 0) is 50.2 Å². The van der Waals surface area contributed by atoms with E-state index in [4.69, 9.17) is 22.2 Å². The highest BCUT2D eigenvalue weighted by Gasteiger charge is 2.02. The van der Waals surface area contributed by atoms with Crippen LogP contribution in [-0.4, -0.2) is 24.9 Å². The quantitative estimate of drug-likeness (QED) is 0.618. The van der Waals surface area contributed by atoms with Gasteiger partial charge in [-0.3, -0.25) is 0 Å². The zero-order chi connectivity index (χ0) is 14.1. The first-order valence-corrected chi connectivity index (χ1v) is 6.71. The summed E-state index contributed by atoms with van der Waals surface area (Å²) in [5.41, 5.74) is 2.53. The summed E-state index contributed by atoms with van der Waals surface area (Å²) in [4.78, 5) is 0. The molecule has 0 saturated heterocycles. The van der Waals surface area contributed by atoms with Gasteiger partial charge in [-0.1, -0.05) is 6.07 Å². The number of nitriles is 1. The summed E-state index contributed by atoms with van der Waals surface area (Å²) in [6.45, 7) is 6.19. The van der Waals surface area contributed by atoms with Gasteiger partial charge in [-0.25, -0.2) is 0 Å². The highest BCUT2D eigenvalue weighted by molar-refractivity contribution is 7.80. The van der Waals surface area contributed by atoms with Crippen LogP contribution in [0.3, 0.4) is 0 Å². The van der Waals surface area contributed by atoms with Crippen LogP contribution in [0.5, 0.6) is 0 Å². The van der Waals surface area contributed by atoms with Crippen molar-refractivity contribution in [1.82, 2.24) is 5.32 Å². The fourth-order valence-corrected chi connectivity index (χ4v) is 1.73. The molecule has 0 aliphatic rings. The molecule has 0 radical (unpaired) electrons. The topological polar surface area (TPSA) is 57.1 Å². The molecule has 0 bridgehead atoms. The fourth-order valence-electron chi connectivity index (χ4n) is 1.51. The summed E-state index contributed by atoms with van der Waals surface area (Å²) in [6.07, 6.45) is 0.910. The summed E-state index contributed by atoms with van der Waals surface area (Å²) in [7, 11) is 0. The monoisotopic (exact) mass is 277 g/mol. The molecular formula is C14H19N3OS. The Morgan fingerprint density at radius 1 is 1.47 bits per heavy atom. The number of thiocarbonyl (C=S) groups is 1. The third kappa shape index (κ3) is 5.69. The van der Waals surface area contributed by atoms with Gasteiger partial charge in [0.05, 0.1) is 11.6 Å². The SMILES string of the molecule is CCOCCCNC(=S)Nc1cc(C#N)ccc1C. The number of aryl methyl sites for hydroxylation is 1. The van der Waals surface area contributed by atoms with Crippen LogP contribution in [0.4, 0.5) is 5.69 Å². The van der Waals surface area contributed by atoms with Crippen molar-refractivity contribution in [3.8, 4) is 6.07 Å². The van der Waals surface area contributed by atoms with Gasteiger partial charge in [0.1, 0.15) is 0 Å². The third-order valence-corrected chi connectivity index (χ3v) is 2.82. The minimum Gasteiger partial charge on any atom is -0.382 e. The number of hydrogen-bond donors (Lipinski definition) is 2. The number of rotatable bonds is 6. The van der Waals surface area contributed by atoms with Gasteiger partial charge in [0, 0.05) is 25.4 Å². The average Bonchev–Trinajstić information content (AvgIpc) is 2.41. The maximum atomic E-state index is 8.87. The van der Waals surface area contributed by atoms with Crippen LogP contribution >= 0.6 is 12.2 Å². The Morgan fingerprint density at radius 3 is 2.95 bits per heavy atom. The molecule has 5 heteroatoms. The summed E-state index contributed by atoms with van der Waals surface area (Å²) in [6, 6.07) is 7.60. The summed E-state index contributed by atoms with van der Waals surface area (Å²) in [5, 5.41) is 15.7. The van der Waals surface area contributed by atoms with E-state index in [0.717, 1.165) is 37.4 Å². The van der Waals surface area contributed by atoms with E-state index in [2.05, 4.69) is 16.7 Å². The Hall–Kier alpha value is -1.64. The molecule has 0 aliphatic heterocycles. The molecule has 19 heavy (non-hydrogen) atoms. The molecule has 0 aliphatic carbocycles. The number of nitrogens with one attached hydrogen (secondary N) is 2. The van der Waals surface area contributed by atoms with Gasteiger partial charge in [0.2, 0.25) is 0 Å². The fraction of sp³-hybridized carbons (Fsp3) is 0.429. The molecule has 1 rings (SSSR count). The zero-order valence-corrected chi connectivity index (χ0v) is 12.1. The van der Waals surface area contributed by atoms with E-state index in [1.807, 2.05) is 19.9 Å². The maximum Gasteiger partial charge on any atom is 0.170 e. The number of hydrogen-bond acceptors (Lipinski definition) is 3. The average molecular weight is 277 g/mol. The second-order valence-electron chi connectivity index (χ2n) is 4.07. The normalized spacial score (nSPS) is 9.74. The number of anilines is 1. The van der Waals surface area contributed by atoms with E-state index in [0.29, 0.717) is 10.7 Å². The van der Waals surface area contributed by atoms with Crippen molar-refractivity contribution in [2.45, 2.75) is 20.3 Å². The minimum atomic E-state index is 0.565. The lowest BCUT2D eigenvalue weighted by Crippen LogP contribution is -2.30. The molecular weight excluding hydrogens is 258 g/mol. The Morgan fingerprint density at radius 2 is 2.26 bits per heavy atom. The third-order valence-electron chi connectivity index (χ3n) is 2.57. The highest BCUT2D eigenvalue weighted by atomic mass is 32.1. The van der Waals surface area contributed by atoms with Crippen LogP contribution < -0.4 is 10.6 Å². The Labute approximate surface area is 119 Å². The second-order valence-corrected chi connectivity index (χ2v) is 4.48. The van der Waals surface area contributed by atoms with Crippen molar-refractivity contribution in [1.29, 1.82) is 5.26 Å². The molecule has 0 aromatic heterocycles. The minimum absolute atomic E-state index is 0.565. The van der Waals surface area contributed by atoms with Gasteiger partial charge in [-0.2, -0.15) is 5.26 Å². The predicted molar refractivity (Wildman–Crippen MR) is 81.2 cm³/mol. The first-order valence-electron chi connectivity index (χ1n) is 6.30. The van der Waals surface area contributed by atoms with Crippen molar-refractivity contribution in [3.05, 3.63) is 29.3 Å². The van der Waals surface area contributed by atoms with Crippen LogP contribution in [0.15, 0.2) is 18.2 Å². The molecule has 0 amide bonds. The predicted octanol–water partition coefficient (Wildman–Crippen LogP) is 2.58. The molecule has 1 aromatic rings. The van der Waals surface area contributed by atoms with Gasteiger partial charge in [0.15, 0.2) is 5.11 Å². The van der Waals surface area contributed by atoms with E-state index in [1.165, 1.54) is 0 Å². The van der Waals surface area contributed by atoms with E-state index in [-0.39, 0.29) is 0 Å². The van der Waals surface area contributed by atoms with Crippen molar-refractivity contribution < 1.29 is 4.74 Å². The number of nitrogens with zero attached hydrogens (tertiary/aromatic N) is 1. The van der Waals surface area contributed by atoms with Crippen LogP contribution in [-0.2, 0) is 4.74 Å². The lowest BCUT2D eigenvalue weighted by molar-refractivity contribution is 0.146. The largest absolute Gasteiger partial charge is 0.382 e. The molecule has 0 atom stereocenters. The first-order chi connectivity index (χ1) is 9.17. The van der Waals surface area contributed by atoms with Crippen molar-refractivity contribution in [2.75, 3.05) is 25.1 Å². The lowest BCUT2D eigenvalue weighted by atomic mass is 10.1. The molecule has 102 valence electrons. The van der Waals surface area contributed by atoms with Crippen molar-refractivity contribution in [2.24, 2.45) is 0 Å². The highest BCUT2D eigenvalue weighted by Crippen LogP contribution is 2.16. The Balaban J connectivity index is 2.42. The molecule has 0 unspecified atom stereocenters. The smallest absolute Gasteiger partial charge is 0.170 e. The van der Waals surface area contributed by atoms with Crippen molar-refractivity contribution >= 4 is 23.0 Å². The Bertz CT molecular complexity index is 468. The van der Waals surface area contributed by atoms with Gasteiger partial charge >= 0.3 is 0 Å². The van der Waals surface area contributed by atoms with E-state index < -0.39 is 0 Å². The van der Waals surface area contributed by atoms with E-state index in [9.17, 15) is 0 Å². The zero-order valence-electron chi connectivity index (χ0n) is 11.3. The van der Waals surface area contributed by atoms with Gasteiger partial charge < -0.3 is 15.4 Å². The standard InChI is InChI=1S/C14H19N3OS/c1-3-18-8-4-7-16-14(19)17-13-9-12(10-15)6-5-11(13)2/h5-6,9H,3-4,7-8H2,1-2H3,(H2,16,17,19). The van der Waals surface area contributed by atoms with Crippen molar-refractivity contribution in [3.63, 3.8) is 0 Å². The second kappa shape index (κ2) is 8.46. The van der Waals surface area contributed by atoms with Crippen LogP contribution in [0.1, 0.15) is 24.5 Å². The van der Waals surface area contributed by atoms with Crippen LogP contribution in [0.25, 0.3) is 0 Å². The summed E-state index contributed by atoms with van der Waals surface area (Å²) < 4.78 is 5.24. The molecule has 0 saturated carbocycles. The summed E-state index contributed by atoms with van der Waals surface area (Å²) >= 11 is 5.21. The number of ether oxygens (including phenoxy) is 1. The molecule has 2 N–H and O–H groups in total. The molecule has 0 spiro atoms. The summed E-state index contributed by atoms with van der Waals surface area (Å²) in [5.74, 6) is 0. The van der Waals surface area contributed by atoms with E-state index in [1.54, 1.807) is 12.1 Å². The number of benzene rings is 1. The Kier molecular flexibility index (Phi) is 6.86. The first kappa shape index (κ1) is 15.4.